The maximum atomic E-state index is 5.11. The van der Waals surface area contributed by atoms with Gasteiger partial charge in [-0.1, -0.05) is 26.8 Å². The van der Waals surface area contributed by atoms with Crippen LogP contribution < -0.4 is 0 Å². The van der Waals surface area contributed by atoms with E-state index in [0.717, 1.165) is 12.1 Å². The van der Waals surface area contributed by atoms with Gasteiger partial charge in [-0.05, 0) is 23.1 Å². The number of fused-ring (bicyclic) bond motifs is 1. The molecule has 1 aromatic heterocycles. The molecule has 0 bridgehead atoms. The summed E-state index contributed by atoms with van der Waals surface area (Å²) in [6.07, 6.45) is 1.89. The summed E-state index contributed by atoms with van der Waals surface area (Å²) < 4.78 is 7.26. The Morgan fingerprint density at radius 2 is 2.06 bits per heavy atom. The molecule has 1 heterocycles. The third-order valence-electron chi connectivity index (χ3n) is 3.02. The summed E-state index contributed by atoms with van der Waals surface area (Å²) in [6, 6.07) is 6.49. The van der Waals surface area contributed by atoms with E-state index in [9.17, 15) is 0 Å². The van der Waals surface area contributed by atoms with Crippen LogP contribution in [0.5, 0.6) is 0 Å². The number of ether oxygens (including phenoxy) is 1. The van der Waals surface area contributed by atoms with E-state index in [1.54, 1.807) is 7.11 Å². The Morgan fingerprint density at radius 1 is 1.29 bits per heavy atom. The maximum absolute atomic E-state index is 5.11. The summed E-state index contributed by atoms with van der Waals surface area (Å²) in [4.78, 5) is 4.40. The van der Waals surface area contributed by atoms with Crippen LogP contribution in [0.15, 0.2) is 24.5 Å². The number of imidazole rings is 1. The zero-order valence-electron chi connectivity index (χ0n) is 11.0. The second kappa shape index (κ2) is 4.49. The van der Waals surface area contributed by atoms with Crippen LogP contribution in [0.3, 0.4) is 0 Å². The molecule has 0 radical (unpaired) electrons. The maximum Gasteiger partial charge on any atom is 0.0959 e. The van der Waals surface area contributed by atoms with Crippen molar-refractivity contribution in [2.75, 3.05) is 13.7 Å². The Hall–Kier alpha value is -1.35. The molecule has 0 atom stereocenters. The fourth-order valence-corrected chi connectivity index (χ4v) is 1.89. The van der Waals surface area contributed by atoms with Gasteiger partial charge < -0.3 is 9.30 Å². The molecule has 92 valence electrons. The summed E-state index contributed by atoms with van der Waals surface area (Å²) in [5.41, 5.74) is 3.75. The Kier molecular flexibility index (Phi) is 3.20. The predicted molar refractivity (Wildman–Crippen MR) is 70.3 cm³/mol. The fraction of sp³-hybridized carbons (Fsp3) is 0.500. The topological polar surface area (TPSA) is 27.1 Å². The van der Waals surface area contributed by atoms with E-state index in [-0.39, 0.29) is 5.41 Å². The first-order chi connectivity index (χ1) is 8.02. The second-order valence-electron chi connectivity index (χ2n) is 5.38. The zero-order chi connectivity index (χ0) is 12.5. The van der Waals surface area contributed by atoms with Gasteiger partial charge in [-0.3, -0.25) is 0 Å². The Labute approximate surface area is 102 Å². The van der Waals surface area contributed by atoms with E-state index in [0.29, 0.717) is 6.61 Å². The fourth-order valence-electron chi connectivity index (χ4n) is 1.89. The van der Waals surface area contributed by atoms with Gasteiger partial charge in [-0.15, -0.1) is 0 Å². The Morgan fingerprint density at radius 3 is 2.71 bits per heavy atom. The lowest BCUT2D eigenvalue weighted by Crippen LogP contribution is -2.11. The molecule has 2 rings (SSSR count). The highest BCUT2D eigenvalue weighted by Gasteiger charge is 2.15. The summed E-state index contributed by atoms with van der Waals surface area (Å²) in [6.45, 7) is 8.24. The highest BCUT2D eigenvalue weighted by Crippen LogP contribution is 2.25. The van der Waals surface area contributed by atoms with Crippen molar-refractivity contribution in [3.05, 3.63) is 30.1 Å². The lowest BCUT2D eigenvalue weighted by atomic mass is 9.87. The van der Waals surface area contributed by atoms with Crippen LogP contribution in [0.25, 0.3) is 11.0 Å². The van der Waals surface area contributed by atoms with Crippen molar-refractivity contribution in [1.29, 1.82) is 0 Å². The molecule has 3 nitrogen and oxygen atoms in total. The van der Waals surface area contributed by atoms with E-state index in [1.165, 1.54) is 11.1 Å². The lowest BCUT2D eigenvalue weighted by molar-refractivity contribution is 0.188. The van der Waals surface area contributed by atoms with Crippen molar-refractivity contribution >= 4 is 11.0 Å². The molecule has 0 aliphatic rings. The van der Waals surface area contributed by atoms with E-state index < -0.39 is 0 Å². The van der Waals surface area contributed by atoms with Crippen molar-refractivity contribution in [3.63, 3.8) is 0 Å². The van der Waals surface area contributed by atoms with Gasteiger partial charge in [0.15, 0.2) is 0 Å². The average molecular weight is 232 g/mol. The first-order valence-corrected chi connectivity index (χ1v) is 5.96. The highest BCUT2D eigenvalue weighted by atomic mass is 16.5. The highest BCUT2D eigenvalue weighted by molar-refractivity contribution is 5.76. The van der Waals surface area contributed by atoms with Gasteiger partial charge >= 0.3 is 0 Å². The number of benzene rings is 1. The SMILES string of the molecule is COCCn1cnc2ccc(C(C)(C)C)cc21. The van der Waals surface area contributed by atoms with Crippen LogP contribution in [-0.2, 0) is 16.7 Å². The molecule has 17 heavy (non-hydrogen) atoms. The van der Waals surface area contributed by atoms with Crippen LogP contribution in [0.1, 0.15) is 26.3 Å². The quantitative estimate of drug-likeness (QED) is 0.813. The molecule has 0 N–H and O–H groups in total. The number of nitrogens with zero attached hydrogens (tertiary/aromatic N) is 2. The minimum absolute atomic E-state index is 0.171. The molecular formula is C14H20N2O. The lowest BCUT2D eigenvalue weighted by Gasteiger charge is -2.19. The van der Waals surface area contributed by atoms with Crippen LogP contribution in [0, 0.1) is 0 Å². The van der Waals surface area contributed by atoms with Gasteiger partial charge in [-0.2, -0.15) is 0 Å². The van der Waals surface area contributed by atoms with Gasteiger partial charge in [0, 0.05) is 13.7 Å². The molecule has 1 aromatic carbocycles. The smallest absolute Gasteiger partial charge is 0.0959 e. The minimum Gasteiger partial charge on any atom is -0.383 e. The van der Waals surface area contributed by atoms with Gasteiger partial charge in [0.05, 0.1) is 24.0 Å². The second-order valence-corrected chi connectivity index (χ2v) is 5.38. The van der Waals surface area contributed by atoms with Crippen LogP contribution in [0.4, 0.5) is 0 Å². The molecule has 2 aromatic rings. The number of aromatic nitrogens is 2. The molecule has 0 unspecified atom stereocenters. The largest absolute Gasteiger partial charge is 0.383 e. The van der Waals surface area contributed by atoms with E-state index in [2.05, 4.69) is 48.5 Å². The molecule has 0 spiro atoms. The molecule has 0 amide bonds. The summed E-state index contributed by atoms with van der Waals surface area (Å²) in [5.74, 6) is 0. The van der Waals surface area contributed by atoms with Gasteiger partial charge in [0.2, 0.25) is 0 Å². The summed E-state index contributed by atoms with van der Waals surface area (Å²) >= 11 is 0. The third-order valence-corrected chi connectivity index (χ3v) is 3.02. The van der Waals surface area contributed by atoms with E-state index >= 15 is 0 Å². The van der Waals surface area contributed by atoms with Gasteiger partial charge in [0.25, 0.3) is 0 Å². The van der Waals surface area contributed by atoms with E-state index in [4.69, 9.17) is 4.74 Å². The summed E-state index contributed by atoms with van der Waals surface area (Å²) in [5, 5.41) is 0. The first-order valence-electron chi connectivity index (χ1n) is 5.96. The van der Waals surface area contributed by atoms with Crippen molar-refractivity contribution in [2.24, 2.45) is 0 Å². The van der Waals surface area contributed by atoms with Crippen molar-refractivity contribution in [1.82, 2.24) is 9.55 Å². The van der Waals surface area contributed by atoms with Gasteiger partial charge in [0.1, 0.15) is 0 Å². The molecular weight excluding hydrogens is 212 g/mol. The normalized spacial score (nSPS) is 12.2. The zero-order valence-corrected chi connectivity index (χ0v) is 11.0. The molecule has 0 fully saturated rings. The number of methoxy groups -OCH3 is 1. The van der Waals surface area contributed by atoms with Gasteiger partial charge in [-0.25, -0.2) is 4.98 Å². The van der Waals surface area contributed by atoms with Crippen molar-refractivity contribution in [2.45, 2.75) is 32.7 Å². The molecule has 0 aliphatic heterocycles. The number of rotatable bonds is 3. The summed E-state index contributed by atoms with van der Waals surface area (Å²) in [7, 11) is 1.72. The Bertz CT molecular complexity index is 508. The molecule has 0 aliphatic carbocycles. The number of hydrogen-bond acceptors (Lipinski definition) is 2. The first kappa shape index (κ1) is 12.1. The molecule has 0 saturated carbocycles. The van der Waals surface area contributed by atoms with E-state index in [1.807, 2.05) is 6.33 Å². The van der Waals surface area contributed by atoms with Crippen molar-refractivity contribution < 1.29 is 4.74 Å². The molecule has 0 saturated heterocycles. The standard InChI is InChI=1S/C14H20N2O/c1-14(2,3)11-5-6-12-13(9-11)16(10-15-12)7-8-17-4/h5-6,9-10H,7-8H2,1-4H3. The Balaban J connectivity index is 2.43. The number of hydrogen-bond donors (Lipinski definition) is 0. The minimum atomic E-state index is 0.171. The van der Waals surface area contributed by atoms with Crippen molar-refractivity contribution in [3.8, 4) is 0 Å². The third kappa shape index (κ3) is 2.50. The van der Waals surface area contributed by atoms with Crippen LogP contribution in [-0.4, -0.2) is 23.3 Å². The monoisotopic (exact) mass is 232 g/mol. The molecule has 3 heteroatoms. The van der Waals surface area contributed by atoms with Crippen LogP contribution in [0.2, 0.25) is 0 Å². The predicted octanol–water partition coefficient (Wildman–Crippen LogP) is 2.98. The average Bonchev–Trinajstić information content (AvgIpc) is 2.67. The van der Waals surface area contributed by atoms with Crippen LogP contribution >= 0.6 is 0 Å².